The topological polar surface area (TPSA) is 118 Å². The van der Waals surface area contributed by atoms with E-state index in [9.17, 15) is 25.3 Å². The molecule has 5 rings (SSSR count). The molecule has 39 heavy (non-hydrogen) atoms. The van der Waals surface area contributed by atoms with Gasteiger partial charge in [-0.3, -0.25) is 4.79 Å². The van der Waals surface area contributed by atoms with Crippen molar-refractivity contribution in [3.63, 3.8) is 0 Å². The van der Waals surface area contributed by atoms with E-state index in [0.717, 1.165) is 15.5 Å². The summed E-state index contributed by atoms with van der Waals surface area (Å²) in [6.07, 6.45) is -0.907. The molecular formula is C31H28N4O4. The van der Waals surface area contributed by atoms with Crippen molar-refractivity contribution in [2.24, 2.45) is 5.41 Å². The first-order chi connectivity index (χ1) is 18.5. The third-order valence-electron chi connectivity index (χ3n) is 7.47. The molecule has 0 aliphatic carbocycles. The average Bonchev–Trinajstić information content (AvgIpc) is 3.30. The Labute approximate surface area is 227 Å². The highest BCUT2D eigenvalue weighted by molar-refractivity contribution is 6.21. The summed E-state index contributed by atoms with van der Waals surface area (Å²) in [6.45, 7) is 6.98. The summed E-state index contributed by atoms with van der Waals surface area (Å²) >= 11 is 0. The lowest BCUT2D eigenvalue weighted by atomic mass is 9.63. The van der Waals surface area contributed by atoms with E-state index in [1.807, 2.05) is 19.1 Å². The summed E-state index contributed by atoms with van der Waals surface area (Å²) in [5.74, 6) is -1.96. The van der Waals surface area contributed by atoms with E-state index in [1.54, 1.807) is 87.5 Å². The lowest BCUT2D eigenvalue weighted by molar-refractivity contribution is -0.189. The van der Waals surface area contributed by atoms with Crippen LogP contribution in [0.4, 0.5) is 10.5 Å². The van der Waals surface area contributed by atoms with E-state index in [1.165, 1.54) is 0 Å². The maximum absolute atomic E-state index is 14.7. The number of nitrogens with zero attached hydrogens (tertiary/aromatic N) is 4. The third kappa shape index (κ3) is 3.64. The Hall–Kier alpha value is -4.50. The maximum Gasteiger partial charge on any atom is 0.421 e. The van der Waals surface area contributed by atoms with Gasteiger partial charge in [0.25, 0.3) is 5.91 Å². The molecule has 0 radical (unpaired) electrons. The van der Waals surface area contributed by atoms with Crippen LogP contribution in [0.1, 0.15) is 55.0 Å². The molecular weight excluding hydrogens is 492 g/mol. The highest BCUT2D eigenvalue weighted by Gasteiger charge is 2.76. The molecule has 0 saturated carbocycles. The normalized spacial score (nSPS) is 23.8. The first kappa shape index (κ1) is 26.1. The van der Waals surface area contributed by atoms with Crippen LogP contribution >= 0.6 is 0 Å². The van der Waals surface area contributed by atoms with E-state index >= 15 is 0 Å². The minimum absolute atomic E-state index is 0.228. The summed E-state index contributed by atoms with van der Waals surface area (Å²) in [6, 6.07) is 25.7. The number of carbonyl (C=O) groups is 2. The van der Waals surface area contributed by atoms with Gasteiger partial charge in [0.15, 0.2) is 11.0 Å². The molecule has 1 N–H and O–H groups in total. The van der Waals surface area contributed by atoms with Gasteiger partial charge in [0.1, 0.15) is 5.60 Å². The third-order valence-corrected chi connectivity index (χ3v) is 7.47. The van der Waals surface area contributed by atoms with E-state index < -0.39 is 40.5 Å². The van der Waals surface area contributed by atoms with Crippen molar-refractivity contribution in [2.45, 2.75) is 50.8 Å². The number of aryl methyl sites for hydroxylation is 1. The maximum atomic E-state index is 14.7. The quantitative estimate of drug-likeness (QED) is 0.458. The second-order valence-corrected chi connectivity index (χ2v) is 11.0. The van der Waals surface area contributed by atoms with E-state index in [0.29, 0.717) is 16.7 Å². The highest BCUT2D eigenvalue weighted by Crippen LogP contribution is 2.68. The Morgan fingerprint density at radius 1 is 0.923 bits per heavy atom. The molecule has 0 bridgehead atoms. The van der Waals surface area contributed by atoms with Crippen LogP contribution in [0.5, 0.6) is 0 Å². The second-order valence-electron chi connectivity index (χ2n) is 11.0. The molecule has 1 spiro atoms. The smallest absolute Gasteiger partial charge is 0.421 e. The van der Waals surface area contributed by atoms with E-state index in [-0.39, 0.29) is 5.69 Å². The zero-order valence-corrected chi connectivity index (χ0v) is 22.1. The summed E-state index contributed by atoms with van der Waals surface area (Å²) in [5, 5.41) is 34.4. The Balaban J connectivity index is 1.86. The van der Waals surface area contributed by atoms with Crippen LogP contribution < -0.4 is 4.90 Å². The van der Waals surface area contributed by atoms with Crippen LogP contribution in [-0.2, 0) is 15.1 Å². The van der Waals surface area contributed by atoms with Gasteiger partial charge in [-0.05, 0) is 44.9 Å². The Morgan fingerprint density at radius 2 is 1.51 bits per heavy atom. The SMILES string of the molecule is Cc1ccc([C@@H]2C(C#N)(C#N)[C@@H](c3ccccc3)N(O)[C@]23C(=O)N(C(=O)OC(C)(C)C)c2ccccc23)cc1. The number of hydrogen-bond acceptors (Lipinski definition) is 7. The molecule has 196 valence electrons. The molecule has 0 aromatic heterocycles. The largest absolute Gasteiger partial charge is 0.443 e. The standard InChI is InChI=1S/C31H28N4O4/c1-20-14-16-21(17-15-20)25-30(18-32,19-33)26(22-10-6-5-7-11-22)35(38)31(25)23-12-8-9-13-24(23)34(27(31)36)28(37)39-29(2,3)4/h5-17,25-26,38H,1-4H3/t25-,26-,31+/m1/s1. The Bertz CT molecular complexity index is 1520. The number of imide groups is 1. The molecule has 8 nitrogen and oxygen atoms in total. The molecule has 2 aliphatic rings. The zero-order valence-electron chi connectivity index (χ0n) is 22.1. The van der Waals surface area contributed by atoms with Crippen molar-refractivity contribution in [3.8, 4) is 12.1 Å². The van der Waals surface area contributed by atoms with Gasteiger partial charge < -0.3 is 9.94 Å². The molecule has 3 aromatic rings. The van der Waals surface area contributed by atoms with Gasteiger partial charge in [0.05, 0.1) is 29.8 Å². The van der Waals surface area contributed by atoms with Crippen LogP contribution in [-0.4, -0.2) is 27.9 Å². The molecule has 2 aliphatic heterocycles. The van der Waals surface area contributed by atoms with Crippen LogP contribution in [0, 0.1) is 35.0 Å². The molecule has 8 heteroatoms. The second kappa shape index (κ2) is 9.06. The number of amides is 2. The van der Waals surface area contributed by atoms with Gasteiger partial charge in [-0.25, -0.2) is 9.69 Å². The molecule has 3 aromatic carbocycles. The number of hydrogen-bond donors (Lipinski definition) is 1. The van der Waals surface area contributed by atoms with Crippen molar-refractivity contribution < 1.29 is 19.5 Å². The van der Waals surface area contributed by atoms with Crippen molar-refractivity contribution in [2.75, 3.05) is 4.90 Å². The number of ether oxygens (including phenoxy) is 1. The van der Waals surface area contributed by atoms with E-state index in [2.05, 4.69) is 12.1 Å². The number of para-hydroxylation sites is 1. The zero-order chi connectivity index (χ0) is 28.2. The first-order valence-electron chi connectivity index (χ1n) is 12.6. The van der Waals surface area contributed by atoms with Gasteiger partial charge >= 0.3 is 6.09 Å². The Kier molecular flexibility index (Phi) is 6.07. The fourth-order valence-corrected chi connectivity index (χ4v) is 5.97. The predicted molar refractivity (Wildman–Crippen MR) is 142 cm³/mol. The summed E-state index contributed by atoms with van der Waals surface area (Å²) in [5.41, 5.74) is -2.32. The highest BCUT2D eigenvalue weighted by atomic mass is 16.6. The number of nitriles is 2. The monoisotopic (exact) mass is 520 g/mol. The fourth-order valence-electron chi connectivity index (χ4n) is 5.97. The van der Waals surface area contributed by atoms with Crippen LogP contribution in [0.25, 0.3) is 0 Å². The van der Waals surface area contributed by atoms with Crippen molar-refractivity contribution in [1.29, 1.82) is 10.5 Å². The minimum Gasteiger partial charge on any atom is -0.443 e. The lowest BCUT2D eigenvalue weighted by Crippen LogP contribution is -2.53. The average molecular weight is 521 g/mol. The molecule has 2 amide bonds. The Morgan fingerprint density at radius 3 is 2.10 bits per heavy atom. The number of rotatable bonds is 2. The molecule has 2 heterocycles. The minimum atomic E-state index is -1.98. The molecule has 0 unspecified atom stereocenters. The van der Waals surface area contributed by atoms with Crippen molar-refractivity contribution >= 4 is 17.7 Å². The van der Waals surface area contributed by atoms with Crippen LogP contribution in [0.15, 0.2) is 78.9 Å². The van der Waals surface area contributed by atoms with Crippen LogP contribution in [0.3, 0.4) is 0 Å². The number of anilines is 1. The van der Waals surface area contributed by atoms with Gasteiger partial charge in [-0.1, -0.05) is 78.4 Å². The van der Waals surface area contributed by atoms with Crippen molar-refractivity contribution in [1.82, 2.24) is 5.06 Å². The van der Waals surface area contributed by atoms with Gasteiger partial charge in [0, 0.05) is 5.56 Å². The fraction of sp³-hybridized carbons (Fsp3) is 0.290. The number of hydroxylamine groups is 2. The van der Waals surface area contributed by atoms with Gasteiger partial charge in [-0.15, -0.1) is 0 Å². The van der Waals surface area contributed by atoms with Gasteiger partial charge in [0.2, 0.25) is 0 Å². The van der Waals surface area contributed by atoms with Crippen LogP contribution in [0.2, 0.25) is 0 Å². The number of benzene rings is 3. The number of fused-ring (bicyclic) bond motifs is 2. The first-order valence-corrected chi connectivity index (χ1v) is 12.6. The molecule has 3 atom stereocenters. The lowest BCUT2D eigenvalue weighted by Gasteiger charge is -2.36. The predicted octanol–water partition coefficient (Wildman–Crippen LogP) is 5.74. The van der Waals surface area contributed by atoms with Crippen molar-refractivity contribution in [3.05, 3.63) is 101 Å². The molecule has 1 fully saturated rings. The summed E-state index contributed by atoms with van der Waals surface area (Å²) in [4.78, 5) is 29.1. The summed E-state index contributed by atoms with van der Waals surface area (Å²) < 4.78 is 5.60. The van der Waals surface area contributed by atoms with E-state index in [4.69, 9.17) is 4.74 Å². The summed E-state index contributed by atoms with van der Waals surface area (Å²) in [7, 11) is 0. The number of carbonyl (C=O) groups excluding carboxylic acids is 2. The molecule has 1 saturated heterocycles. The van der Waals surface area contributed by atoms with Gasteiger partial charge in [-0.2, -0.15) is 15.6 Å².